The molecule has 2 fully saturated rings. The second-order valence-electron chi connectivity index (χ2n) is 7.88. The molecule has 2 unspecified atom stereocenters. The van der Waals surface area contributed by atoms with Gasteiger partial charge in [-0.05, 0) is 56.0 Å². The molecule has 3 aliphatic rings. The first-order valence-electron chi connectivity index (χ1n) is 9.54. The molecular formula is C19H25N3OS. The number of aromatic amines is 1. The Bertz CT molecular complexity index is 824. The maximum Gasteiger partial charge on any atom is 0.259 e. The quantitative estimate of drug-likeness (QED) is 0.908. The molecule has 2 atom stereocenters. The Morgan fingerprint density at radius 2 is 2.00 bits per heavy atom. The van der Waals surface area contributed by atoms with Gasteiger partial charge in [-0.25, -0.2) is 4.98 Å². The lowest BCUT2D eigenvalue weighted by Gasteiger charge is -2.41. The van der Waals surface area contributed by atoms with Crippen molar-refractivity contribution in [2.75, 3.05) is 13.1 Å². The monoisotopic (exact) mass is 343 g/mol. The van der Waals surface area contributed by atoms with Crippen LogP contribution in [0.3, 0.4) is 0 Å². The van der Waals surface area contributed by atoms with Crippen LogP contribution in [0.4, 0.5) is 0 Å². The molecule has 1 saturated carbocycles. The number of piperidine rings is 1. The van der Waals surface area contributed by atoms with Crippen molar-refractivity contribution in [2.45, 2.75) is 57.9 Å². The molecule has 1 aliphatic heterocycles. The molecule has 5 heteroatoms. The van der Waals surface area contributed by atoms with Crippen LogP contribution in [-0.4, -0.2) is 28.0 Å². The number of aromatic nitrogens is 2. The molecule has 0 aromatic carbocycles. The molecule has 4 nitrogen and oxygen atoms in total. The van der Waals surface area contributed by atoms with Gasteiger partial charge in [0.15, 0.2) is 0 Å². The Morgan fingerprint density at radius 1 is 1.12 bits per heavy atom. The largest absolute Gasteiger partial charge is 0.309 e. The first kappa shape index (κ1) is 15.1. The van der Waals surface area contributed by atoms with Gasteiger partial charge in [0.05, 0.1) is 11.9 Å². The van der Waals surface area contributed by atoms with Crippen molar-refractivity contribution in [3.63, 3.8) is 0 Å². The van der Waals surface area contributed by atoms with E-state index in [1.54, 1.807) is 11.3 Å². The van der Waals surface area contributed by atoms with E-state index < -0.39 is 0 Å². The number of thiophene rings is 1. The van der Waals surface area contributed by atoms with E-state index in [9.17, 15) is 4.79 Å². The van der Waals surface area contributed by atoms with Gasteiger partial charge in [-0.3, -0.25) is 9.69 Å². The fraction of sp³-hybridized carbons (Fsp3) is 0.684. The van der Waals surface area contributed by atoms with Crippen molar-refractivity contribution in [2.24, 2.45) is 11.8 Å². The second kappa shape index (κ2) is 5.95. The lowest BCUT2D eigenvalue weighted by atomic mass is 9.75. The van der Waals surface area contributed by atoms with Crippen molar-refractivity contribution >= 4 is 21.6 Å². The standard InChI is InChI=1S/C19H25N3OS/c23-18-17-14-6-3-7-15(14)24-19(17)21-16(20-18)11-22-9-8-12-4-1-2-5-13(12)10-22/h12-13H,1-11H2,(H,20,21,23). The van der Waals surface area contributed by atoms with E-state index in [2.05, 4.69) is 9.88 Å². The number of aryl methyl sites for hydroxylation is 2. The summed E-state index contributed by atoms with van der Waals surface area (Å²) in [7, 11) is 0. The van der Waals surface area contributed by atoms with Crippen molar-refractivity contribution in [1.82, 2.24) is 14.9 Å². The predicted octanol–water partition coefficient (Wildman–Crippen LogP) is 3.49. The average molecular weight is 343 g/mol. The smallest absolute Gasteiger partial charge is 0.259 e. The molecule has 1 N–H and O–H groups in total. The van der Waals surface area contributed by atoms with Gasteiger partial charge in [0, 0.05) is 11.4 Å². The summed E-state index contributed by atoms with van der Waals surface area (Å²) in [5.41, 5.74) is 1.36. The van der Waals surface area contributed by atoms with E-state index in [1.165, 1.54) is 55.5 Å². The summed E-state index contributed by atoms with van der Waals surface area (Å²) in [6.45, 7) is 3.15. The van der Waals surface area contributed by atoms with Crippen molar-refractivity contribution in [3.8, 4) is 0 Å². The normalized spacial score (nSPS) is 27.3. The minimum Gasteiger partial charge on any atom is -0.309 e. The summed E-state index contributed by atoms with van der Waals surface area (Å²) in [5.74, 6) is 2.68. The van der Waals surface area contributed by atoms with E-state index in [0.717, 1.165) is 53.8 Å². The van der Waals surface area contributed by atoms with Gasteiger partial charge in [-0.1, -0.05) is 19.3 Å². The van der Waals surface area contributed by atoms with Gasteiger partial charge < -0.3 is 4.98 Å². The van der Waals surface area contributed by atoms with E-state index in [4.69, 9.17) is 4.98 Å². The molecule has 24 heavy (non-hydrogen) atoms. The lowest BCUT2D eigenvalue weighted by molar-refractivity contribution is 0.0803. The molecule has 2 aliphatic carbocycles. The zero-order chi connectivity index (χ0) is 16.1. The third kappa shape index (κ3) is 2.53. The van der Waals surface area contributed by atoms with E-state index in [-0.39, 0.29) is 5.56 Å². The fourth-order valence-corrected chi connectivity index (χ4v) is 6.43. The van der Waals surface area contributed by atoms with E-state index in [1.807, 2.05) is 0 Å². The van der Waals surface area contributed by atoms with Crippen LogP contribution in [0.2, 0.25) is 0 Å². The molecule has 2 aromatic heterocycles. The maximum absolute atomic E-state index is 12.6. The Kier molecular flexibility index (Phi) is 3.74. The van der Waals surface area contributed by atoms with E-state index >= 15 is 0 Å². The Hall–Kier alpha value is -1.20. The molecule has 3 heterocycles. The third-order valence-corrected chi connectivity index (χ3v) is 7.56. The highest BCUT2D eigenvalue weighted by atomic mass is 32.1. The predicted molar refractivity (Wildman–Crippen MR) is 97.6 cm³/mol. The molecule has 0 spiro atoms. The number of rotatable bonds is 2. The third-order valence-electron chi connectivity index (χ3n) is 6.37. The Labute approximate surface area is 146 Å². The van der Waals surface area contributed by atoms with Crippen molar-refractivity contribution < 1.29 is 0 Å². The topological polar surface area (TPSA) is 49.0 Å². The highest BCUT2D eigenvalue weighted by Gasteiger charge is 2.31. The van der Waals surface area contributed by atoms with Gasteiger partial charge in [-0.15, -0.1) is 11.3 Å². The van der Waals surface area contributed by atoms with E-state index in [0.29, 0.717) is 0 Å². The number of hydrogen-bond donors (Lipinski definition) is 1. The van der Waals surface area contributed by atoms with Crippen LogP contribution in [0.1, 0.15) is 54.8 Å². The number of nitrogens with zero attached hydrogens (tertiary/aromatic N) is 2. The molecule has 2 aromatic rings. The van der Waals surface area contributed by atoms with Crippen LogP contribution in [0.15, 0.2) is 4.79 Å². The fourth-order valence-electron chi connectivity index (χ4n) is 5.15. The zero-order valence-corrected chi connectivity index (χ0v) is 15.0. The van der Waals surface area contributed by atoms with Gasteiger partial charge in [0.1, 0.15) is 10.7 Å². The molecule has 0 radical (unpaired) electrons. The summed E-state index contributed by atoms with van der Waals surface area (Å²) < 4.78 is 0. The number of likely N-dealkylation sites (tertiary alicyclic amines) is 1. The van der Waals surface area contributed by atoms with Crippen molar-refractivity contribution in [3.05, 3.63) is 26.6 Å². The Balaban J connectivity index is 1.38. The molecule has 1 saturated heterocycles. The zero-order valence-electron chi connectivity index (χ0n) is 14.1. The minimum atomic E-state index is 0.0851. The van der Waals surface area contributed by atoms with Crippen LogP contribution >= 0.6 is 11.3 Å². The first-order chi connectivity index (χ1) is 11.8. The van der Waals surface area contributed by atoms with Crippen molar-refractivity contribution in [1.29, 1.82) is 0 Å². The van der Waals surface area contributed by atoms with Gasteiger partial charge in [0.25, 0.3) is 5.56 Å². The molecule has 5 rings (SSSR count). The molecule has 0 amide bonds. The first-order valence-corrected chi connectivity index (χ1v) is 10.4. The summed E-state index contributed by atoms with van der Waals surface area (Å²) in [6, 6.07) is 0. The number of hydrogen-bond acceptors (Lipinski definition) is 4. The molecule has 128 valence electrons. The average Bonchev–Trinajstić information content (AvgIpc) is 3.15. The van der Waals surface area contributed by atoms with Gasteiger partial charge >= 0.3 is 0 Å². The number of fused-ring (bicyclic) bond motifs is 4. The number of nitrogens with one attached hydrogen (secondary N) is 1. The highest BCUT2D eigenvalue weighted by molar-refractivity contribution is 7.18. The summed E-state index contributed by atoms with van der Waals surface area (Å²) in [6.07, 6.45) is 10.3. The van der Waals surface area contributed by atoms with Crippen LogP contribution in [0.5, 0.6) is 0 Å². The minimum absolute atomic E-state index is 0.0851. The summed E-state index contributed by atoms with van der Waals surface area (Å²) >= 11 is 1.75. The van der Waals surface area contributed by atoms with Crippen LogP contribution in [0.25, 0.3) is 10.2 Å². The van der Waals surface area contributed by atoms with Crippen LogP contribution in [-0.2, 0) is 19.4 Å². The van der Waals surface area contributed by atoms with Gasteiger partial charge in [-0.2, -0.15) is 0 Å². The summed E-state index contributed by atoms with van der Waals surface area (Å²) in [5, 5.41) is 0.877. The second-order valence-corrected chi connectivity index (χ2v) is 8.96. The molecular weight excluding hydrogens is 318 g/mol. The Morgan fingerprint density at radius 3 is 2.92 bits per heavy atom. The molecule has 0 bridgehead atoms. The highest BCUT2D eigenvalue weighted by Crippen LogP contribution is 2.37. The van der Waals surface area contributed by atoms with Gasteiger partial charge in [0.2, 0.25) is 0 Å². The SMILES string of the molecule is O=c1[nH]c(CN2CCC3CCCCC3C2)nc2sc3c(c12)CCC3. The number of H-pyrrole nitrogens is 1. The van der Waals surface area contributed by atoms with Crippen LogP contribution < -0.4 is 5.56 Å². The lowest BCUT2D eigenvalue weighted by Crippen LogP contribution is -2.41. The van der Waals surface area contributed by atoms with Crippen LogP contribution in [0, 0.1) is 11.8 Å². The summed E-state index contributed by atoms with van der Waals surface area (Å²) in [4.78, 5) is 25.4. The maximum atomic E-state index is 12.6.